The average molecular weight is 474 g/mol. The number of Topliss-reactive ketones (excluding diaryl/α,β-unsaturated/α-hetero) is 1. The van der Waals surface area contributed by atoms with Crippen molar-refractivity contribution in [2.45, 2.75) is 51.5 Å². The van der Waals surface area contributed by atoms with E-state index in [1.54, 1.807) is 6.20 Å². The smallest absolute Gasteiger partial charge is 0.239 e. The zero-order valence-corrected chi connectivity index (χ0v) is 20.0. The van der Waals surface area contributed by atoms with Crippen LogP contribution in [0.15, 0.2) is 48.7 Å². The molecule has 1 aromatic carbocycles. The molecule has 1 aliphatic rings. The van der Waals surface area contributed by atoms with Gasteiger partial charge in [0.15, 0.2) is 0 Å². The summed E-state index contributed by atoms with van der Waals surface area (Å²) in [5, 5.41) is 9.80. The SMILES string of the molecule is CC(=O)C[C@H](NC(=O)CNC(=O)CCCc1ccc2c(n1)NCCC2)c1cnc2ccccc2c1. The molecule has 0 spiro atoms. The Balaban J connectivity index is 1.25. The molecule has 3 N–H and O–H groups in total. The molecule has 3 heterocycles. The van der Waals surface area contributed by atoms with Gasteiger partial charge in [-0.2, -0.15) is 0 Å². The number of amides is 2. The number of hydrogen-bond donors (Lipinski definition) is 3. The highest BCUT2D eigenvalue weighted by Gasteiger charge is 2.18. The van der Waals surface area contributed by atoms with E-state index in [-0.39, 0.29) is 30.6 Å². The predicted octanol–water partition coefficient (Wildman–Crippen LogP) is 3.26. The fourth-order valence-electron chi connectivity index (χ4n) is 4.27. The molecule has 2 aromatic heterocycles. The normalized spacial score (nSPS) is 13.4. The first kappa shape index (κ1) is 24.3. The molecule has 1 atom stereocenters. The maximum Gasteiger partial charge on any atom is 0.239 e. The van der Waals surface area contributed by atoms with Crippen LogP contribution in [0.3, 0.4) is 0 Å². The monoisotopic (exact) mass is 473 g/mol. The molecule has 0 saturated carbocycles. The number of hydrogen-bond acceptors (Lipinski definition) is 6. The van der Waals surface area contributed by atoms with Crippen LogP contribution in [0.2, 0.25) is 0 Å². The summed E-state index contributed by atoms with van der Waals surface area (Å²) in [4.78, 5) is 45.7. The summed E-state index contributed by atoms with van der Waals surface area (Å²) in [5.41, 5.74) is 3.80. The Kier molecular flexibility index (Phi) is 8.03. The van der Waals surface area contributed by atoms with Crippen molar-refractivity contribution in [2.24, 2.45) is 0 Å². The van der Waals surface area contributed by atoms with Crippen molar-refractivity contribution in [3.8, 4) is 0 Å². The van der Waals surface area contributed by atoms with E-state index in [9.17, 15) is 14.4 Å². The van der Waals surface area contributed by atoms with E-state index in [1.165, 1.54) is 12.5 Å². The van der Waals surface area contributed by atoms with E-state index < -0.39 is 6.04 Å². The van der Waals surface area contributed by atoms with E-state index in [2.05, 4.69) is 32.0 Å². The summed E-state index contributed by atoms with van der Waals surface area (Å²) in [6, 6.07) is 13.2. The lowest BCUT2D eigenvalue weighted by Crippen LogP contribution is -2.39. The van der Waals surface area contributed by atoms with Gasteiger partial charge in [-0.1, -0.05) is 24.3 Å². The minimum absolute atomic E-state index is 0.0431. The summed E-state index contributed by atoms with van der Waals surface area (Å²) in [7, 11) is 0. The third-order valence-electron chi connectivity index (χ3n) is 6.08. The second-order valence-electron chi connectivity index (χ2n) is 8.96. The maximum absolute atomic E-state index is 12.5. The summed E-state index contributed by atoms with van der Waals surface area (Å²) in [5.74, 6) is 0.377. The second kappa shape index (κ2) is 11.6. The van der Waals surface area contributed by atoms with Gasteiger partial charge in [0.2, 0.25) is 11.8 Å². The first-order valence-electron chi connectivity index (χ1n) is 12.1. The van der Waals surface area contributed by atoms with Crippen LogP contribution in [0, 0.1) is 0 Å². The molecular formula is C27H31N5O3. The van der Waals surface area contributed by atoms with Crippen molar-refractivity contribution in [1.29, 1.82) is 0 Å². The molecule has 0 bridgehead atoms. The molecule has 4 rings (SSSR count). The zero-order valence-electron chi connectivity index (χ0n) is 20.0. The first-order valence-corrected chi connectivity index (χ1v) is 12.1. The maximum atomic E-state index is 12.5. The van der Waals surface area contributed by atoms with E-state index in [0.29, 0.717) is 19.3 Å². The highest BCUT2D eigenvalue weighted by molar-refractivity contribution is 5.86. The Labute approximate surface area is 204 Å². The summed E-state index contributed by atoms with van der Waals surface area (Å²) >= 11 is 0. The minimum atomic E-state index is -0.502. The molecule has 0 unspecified atom stereocenters. The molecule has 35 heavy (non-hydrogen) atoms. The molecule has 182 valence electrons. The van der Waals surface area contributed by atoms with Crippen LogP contribution in [0.5, 0.6) is 0 Å². The van der Waals surface area contributed by atoms with Crippen molar-refractivity contribution in [3.63, 3.8) is 0 Å². The number of fused-ring (bicyclic) bond motifs is 2. The largest absolute Gasteiger partial charge is 0.370 e. The zero-order chi connectivity index (χ0) is 24.6. The number of nitrogens with one attached hydrogen (secondary N) is 3. The molecule has 0 radical (unpaired) electrons. The molecule has 8 nitrogen and oxygen atoms in total. The predicted molar refractivity (Wildman–Crippen MR) is 135 cm³/mol. The van der Waals surface area contributed by atoms with Gasteiger partial charge in [-0.05, 0) is 61.9 Å². The molecule has 3 aromatic rings. The number of aryl methyl sites for hydroxylation is 2. The number of nitrogens with zero attached hydrogens (tertiary/aromatic N) is 2. The molecular weight excluding hydrogens is 442 g/mol. The third-order valence-corrected chi connectivity index (χ3v) is 6.08. The van der Waals surface area contributed by atoms with E-state index in [4.69, 9.17) is 0 Å². The number of para-hydroxylation sites is 1. The number of carbonyl (C=O) groups is 3. The lowest BCUT2D eigenvalue weighted by Gasteiger charge is -2.18. The van der Waals surface area contributed by atoms with Gasteiger partial charge in [-0.25, -0.2) is 4.98 Å². The van der Waals surface area contributed by atoms with Gasteiger partial charge in [0, 0.05) is 36.7 Å². The van der Waals surface area contributed by atoms with Crippen molar-refractivity contribution in [2.75, 3.05) is 18.4 Å². The molecule has 2 amide bonds. The summed E-state index contributed by atoms with van der Waals surface area (Å²) in [6.07, 6.45) is 5.66. The quantitative estimate of drug-likeness (QED) is 0.417. The Morgan fingerprint density at radius 1 is 1.11 bits per heavy atom. The fraction of sp³-hybridized carbons (Fsp3) is 0.370. The van der Waals surface area contributed by atoms with Crippen molar-refractivity contribution in [1.82, 2.24) is 20.6 Å². The first-order chi connectivity index (χ1) is 17.0. The van der Waals surface area contributed by atoms with Crippen molar-refractivity contribution >= 4 is 34.3 Å². The van der Waals surface area contributed by atoms with E-state index in [1.807, 2.05) is 36.4 Å². The molecule has 0 fully saturated rings. The van der Waals surface area contributed by atoms with E-state index in [0.717, 1.165) is 47.4 Å². The van der Waals surface area contributed by atoms with Gasteiger partial charge < -0.3 is 16.0 Å². The highest BCUT2D eigenvalue weighted by atomic mass is 16.2. The highest BCUT2D eigenvalue weighted by Crippen LogP contribution is 2.22. The van der Waals surface area contributed by atoms with Crippen molar-refractivity contribution in [3.05, 3.63) is 65.5 Å². The third kappa shape index (κ3) is 6.85. The Hall–Kier alpha value is -3.81. The molecule has 8 heteroatoms. The van der Waals surface area contributed by atoms with Gasteiger partial charge in [-0.3, -0.25) is 19.4 Å². The number of aromatic nitrogens is 2. The number of carbonyl (C=O) groups excluding carboxylic acids is 3. The number of pyridine rings is 2. The molecule has 1 aliphatic heterocycles. The van der Waals surface area contributed by atoms with Crippen LogP contribution in [-0.2, 0) is 27.2 Å². The lowest BCUT2D eigenvalue weighted by molar-refractivity contribution is -0.126. The van der Waals surface area contributed by atoms with E-state index >= 15 is 0 Å². The number of benzene rings is 1. The fourth-order valence-corrected chi connectivity index (χ4v) is 4.27. The molecule has 0 aliphatic carbocycles. The number of anilines is 1. The second-order valence-corrected chi connectivity index (χ2v) is 8.96. The standard InChI is InChI=1S/C27H31N5O3/c1-18(33)14-24(21-15-20-6-2-3-9-23(20)29-16-21)32-26(35)17-30-25(34)10-4-8-22-12-11-19-7-5-13-28-27(19)31-22/h2-3,6,9,11-12,15-16,24H,4-5,7-8,10,13-14,17H2,1H3,(H,28,31)(H,30,34)(H,32,35)/t24-/m0/s1. The van der Waals surface area contributed by atoms with Crippen molar-refractivity contribution < 1.29 is 14.4 Å². The van der Waals surface area contributed by atoms with Gasteiger partial charge in [0.25, 0.3) is 0 Å². The minimum Gasteiger partial charge on any atom is -0.370 e. The van der Waals surface area contributed by atoms with Gasteiger partial charge in [0.1, 0.15) is 11.6 Å². The van der Waals surface area contributed by atoms with Crippen LogP contribution in [0.25, 0.3) is 10.9 Å². The topological polar surface area (TPSA) is 113 Å². The Morgan fingerprint density at radius 2 is 1.97 bits per heavy atom. The van der Waals surface area contributed by atoms with Gasteiger partial charge in [0.05, 0.1) is 18.1 Å². The van der Waals surface area contributed by atoms with Gasteiger partial charge >= 0.3 is 0 Å². The lowest BCUT2D eigenvalue weighted by atomic mass is 10.0. The summed E-state index contributed by atoms with van der Waals surface area (Å²) < 4.78 is 0. The average Bonchev–Trinajstić information content (AvgIpc) is 2.86. The van der Waals surface area contributed by atoms with Crippen LogP contribution in [0.1, 0.15) is 55.5 Å². The van der Waals surface area contributed by atoms with Crippen LogP contribution < -0.4 is 16.0 Å². The van der Waals surface area contributed by atoms with Crippen LogP contribution in [0.4, 0.5) is 5.82 Å². The Bertz CT molecular complexity index is 1230. The number of ketones is 1. The van der Waals surface area contributed by atoms with Gasteiger partial charge in [-0.15, -0.1) is 0 Å². The Morgan fingerprint density at radius 3 is 2.83 bits per heavy atom. The van der Waals surface area contributed by atoms with Crippen LogP contribution in [-0.4, -0.2) is 40.7 Å². The number of rotatable bonds is 10. The van der Waals surface area contributed by atoms with Crippen LogP contribution >= 0.6 is 0 Å². The summed E-state index contributed by atoms with van der Waals surface area (Å²) in [6.45, 7) is 2.29. The molecule has 0 saturated heterocycles.